The van der Waals surface area contributed by atoms with E-state index in [1.165, 1.54) is 11.1 Å². The minimum Gasteiger partial charge on any atom is -0.479 e. The molecular weight excluding hydrogens is 448 g/mol. The van der Waals surface area contributed by atoms with Gasteiger partial charge in [0.05, 0.1) is 6.04 Å². The summed E-state index contributed by atoms with van der Waals surface area (Å²) in [6, 6.07) is 15.8. The van der Waals surface area contributed by atoms with Crippen molar-refractivity contribution in [3.63, 3.8) is 0 Å². The van der Waals surface area contributed by atoms with Gasteiger partial charge < -0.3 is 25.2 Å². The molecule has 35 heavy (non-hydrogen) atoms. The summed E-state index contributed by atoms with van der Waals surface area (Å²) in [4.78, 5) is 36.3. The van der Waals surface area contributed by atoms with Gasteiger partial charge in [-0.2, -0.15) is 0 Å². The average Bonchev–Trinajstić information content (AvgIpc) is 3.43. The van der Waals surface area contributed by atoms with E-state index in [0.29, 0.717) is 13.0 Å². The summed E-state index contributed by atoms with van der Waals surface area (Å²) in [5.41, 5.74) is 4.63. The molecule has 1 aliphatic heterocycles. The first kappa shape index (κ1) is 24.7. The molecule has 3 atom stereocenters. The summed E-state index contributed by atoms with van der Waals surface area (Å²) in [5, 5.41) is 14.8. The Kier molecular flexibility index (Phi) is 7.70. The van der Waals surface area contributed by atoms with Gasteiger partial charge in [0.25, 0.3) is 0 Å². The molecule has 3 N–H and O–H groups in total. The van der Waals surface area contributed by atoms with E-state index in [2.05, 4.69) is 34.9 Å². The lowest BCUT2D eigenvalue weighted by molar-refractivity contribution is -0.148. The molecule has 2 aromatic carbocycles. The van der Waals surface area contributed by atoms with E-state index in [0.717, 1.165) is 11.1 Å². The number of hydrogen-bond acceptors (Lipinski definition) is 5. The van der Waals surface area contributed by atoms with Gasteiger partial charge in [-0.3, -0.25) is 4.79 Å². The van der Waals surface area contributed by atoms with Crippen molar-refractivity contribution in [2.45, 2.75) is 44.8 Å². The Balaban J connectivity index is 1.29. The molecule has 186 valence electrons. The SMILES string of the molecule is CC(C)C(CNC(=O)OCC1c2ccccc2-c2ccccc21)CC(=O)N[C@@H]1CCO[C@@H]1C(=O)O. The number of carbonyl (C=O) groups excluding carboxylic acids is 2. The van der Waals surface area contributed by atoms with Crippen LogP contribution in [0.2, 0.25) is 0 Å². The number of amides is 2. The van der Waals surface area contributed by atoms with Gasteiger partial charge >= 0.3 is 12.1 Å². The topological polar surface area (TPSA) is 114 Å². The predicted octanol–water partition coefficient (Wildman–Crippen LogP) is 3.55. The number of carboxylic acid groups (broad SMARTS) is 1. The summed E-state index contributed by atoms with van der Waals surface area (Å²) in [6.07, 6.45) is -0.902. The molecule has 1 heterocycles. The Hall–Kier alpha value is -3.39. The molecule has 8 nitrogen and oxygen atoms in total. The zero-order valence-corrected chi connectivity index (χ0v) is 20.0. The van der Waals surface area contributed by atoms with Gasteiger partial charge in [0.1, 0.15) is 6.61 Å². The predicted molar refractivity (Wildman–Crippen MR) is 130 cm³/mol. The molecule has 2 amide bonds. The van der Waals surface area contributed by atoms with Crippen molar-refractivity contribution in [1.29, 1.82) is 0 Å². The summed E-state index contributed by atoms with van der Waals surface area (Å²) in [5.74, 6) is -1.34. The van der Waals surface area contributed by atoms with Crippen LogP contribution in [0.25, 0.3) is 11.1 Å². The van der Waals surface area contributed by atoms with Crippen molar-refractivity contribution >= 4 is 18.0 Å². The number of nitrogens with one attached hydrogen (secondary N) is 2. The Labute approximate surface area is 205 Å². The van der Waals surface area contributed by atoms with Crippen molar-refractivity contribution < 1.29 is 29.0 Å². The van der Waals surface area contributed by atoms with Crippen LogP contribution in [0.1, 0.15) is 43.7 Å². The highest BCUT2D eigenvalue weighted by atomic mass is 16.5. The van der Waals surface area contributed by atoms with E-state index in [4.69, 9.17) is 9.47 Å². The van der Waals surface area contributed by atoms with Crippen LogP contribution in [0.4, 0.5) is 4.79 Å². The maximum atomic E-state index is 12.6. The van der Waals surface area contributed by atoms with Gasteiger partial charge in [-0.1, -0.05) is 62.4 Å². The first-order valence-corrected chi connectivity index (χ1v) is 12.1. The van der Waals surface area contributed by atoms with Crippen molar-refractivity contribution in [3.8, 4) is 11.1 Å². The highest BCUT2D eigenvalue weighted by Crippen LogP contribution is 2.44. The molecule has 2 aliphatic rings. The number of alkyl carbamates (subject to hydrolysis) is 1. The summed E-state index contributed by atoms with van der Waals surface area (Å²) in [6.45, 7) is 4.78. The largest absolute Gasteiger partial charge is 0.479 e. The molecule has 1 unspecified atom stereocenters. The van der Waals surface area contributed by atoms with Crippen molar-refractivity contribution in [3.05, 3.63) is 59.7 Å². The van der Waals surface area contributed by atoms with Crippen molar-refractivity contribution in [2.24, 2.45) is 11.8 Å². The van der Waals surface area contributed by atoms with Crippen LogP contribution >= 0.6 is 0 Å². The van der Waals surface area contributed by atoms with Crippen LogP contribution in [0.3, 0.4) is 0 Å². The molecule has 1 saturated heterocycles. The fourth-order valence-electron chi connectivity index (χ4n) is 4.89. The Morgan fingerprint density at radius 3 is 2.29 bits per heavy atom. The monoisotopic (exact) mass is 480 g/mol. The van der Waals surface area contributed by atoms with Crippen LogP contribution < -0.4 is 10.6 Å². The van der Waals surface area contributed by atoms with Crippen LogP contribution in [0.5, 0.6) is 0 Å². The number of aliphatic carboxylic acids is 1. The molecule has 0 saturated carbocycles. The van der Waals surface area contributed by atoms with E-state index in [-0.39, 0.29) is 43.2 Å². The minimum atomic E-state index is -1.08. The van der Waals surface area contributed by atoms with E-state index in [1.807, 2.05) is 38.1 Å². The Morgan fingerprint density at radius 1 is 1.06 bits per heavy atom. The first-order chi connectivity index (χ1) is 16.8. The molecule has 0 spiro atoms. The number of carboxylic acids is 1. The van der Waals surface area contributed by atoms with E-state index in [9.17, 15) is 19.5 Å². The number of fused-ring (bicyclic) bond motifs is 3. The number of ether oxygens (including phenoxy) is 2. The molecule has 0 bridgehead atoms. The van der Waals surface area contributed by atoms with E-state index >= 15 is 0 Å². The standard InChI is InChI=1S/C27H32N2O6/c1-16(2)17(13-24(30)29-23-11-12-34-25(23)26(31)32)14-28-27(33)35-15-22-20-9-5-3-7-18(20)19-8-4-6-10-21(19)22/h3-10,16-17,22-23,25H,11-15H2,1-2H3,(H,28,33)(H,29,30)(H,31,32)/t17?,23-,25+/m1/s1. The molecule has 0 aromatic heterocycles. The molecule has 0 radical (unpaired) electrons. The highest BCUT2D eigenvalue weighted by Gasteiger charge is 2.35. The fraction of sp³-hybridized carbons (Fsp3) is 0.444. The van der Waals surface area contributed by atoms with Crippen LogP contribution in [-0.2, 0) is 19.1 Å². The average molecular weight is 481 g/mol. The molecule has 1 aliphatic carbocycles. The third-order valence-electron chi connectivity index (χ3n) is 6.92. The lowest BCUT2D eigenvalue weighted by Crippen LogP contribution is -2.45. The second-order valence-corrected chi connectivity index (χ2v) is 9.51. The molecule has 1 fully saturated rings. The maximum absolute atomic E-state index is 12.6. The number of carbonyl (C=O) groups is 3. The van der Waals surface area contributed by atoms with E-state index < -0.39 is 24.2 Å². The zero-order valence-electron chi connectivity index (χ0n) is 20.0. The van der Waals surface area contributed by atoms with Crippen molar-refractivity contribution in [1.82, 2.24) is 10.6 Å². The molecule has 4 rings (SSSR count). The molecule has 2 aromatic rings. The summed E-state index contributed by atoms with van der Waals surface area (Å²) in [7, 11) is 0. The second-order valence-electron chi connectivity index (χ2n) is 9.51. The fourth-order valence-corrected chi connectivity index (χ4v) is 4.89. The quantitative estimate of drug-likeness (QED) is 0.506. The van der Waals surface area contributed by atoms with Gasteiger partial charge in [0, 0.05) is 25.5 Å². The summed E-state index contributed by atoms with van der Waals surface area (Å²) < 4.78 is 10.8. The summed E-state index contributed by atoms with van der Waals surface area (Å²) >= 11 is 0. The first-order valence-electron chi connectivity index (χ1n) is 12.1. The van der Waals surface area contributed by atoms with Crippen LogP contribution in [0.15, 0.2) is 48.5 Å². The van der Waals surface area contributed by atoms with Crippen LogP contribution in [-0.4, -0.2) is 55.0 Å². The van der Waals surface area contributed by atoms with Gasteiger partial charge in [-0.05, 0) is 40.5 Å². The van der Waals surface area contributed by atoms with Gasteiger partial charge in [-0.25, -0.2) is 9.59 Å². The van der Waals surface area contributed by atoms with Gasteiger partial charge in [0.15, 0.2) is 6.10 Å². The molecular formula is C27H32N2O6. The number of benzene rings is 2. The Morgan fingerprint density at radius 2 is 1.69 bits per heavy atom. The normalized spacial score (nSPS) is 19.6. The van der Waals surface area contributed by atoms with Gasteiger partial charge in [0.2, 0.25) is 5.91 Å². The maximum Gasteiger partial charge on any atom is 0.407 e. The third-order valence-corrected chi connectivity index (χ3v) is 6.92. The molecule has 8 heteroatoms. The lowest BCUT2D eigenvalue weighted by atomic mass is 9.92. The van der Waals surface area contributed by atoms with Crippen LogP contribution in [0, 0.1) is 11.8 Å². The second kappa shape index (κ2) is 10.9. The number of hydrogen-bond donors (Lipinski definition) is 3. The smallest absolute Gasteiger partial charge is 0.407 e. The van der Waals surface area contributed by atoms with Crippen molar-refractivity contribution in [2.75, 3.05) is 19.8 Å². The number of rotatable bonds is 9. The van der Waals surface area contributed by atoms with E-state index in [1.54, 1.807) is 0 Å². The lowest BCUT2D eigenvalue weighted by Gasteiger charge is -2.23. The minimum absolute atomic E-state index is 0.0179. The van der Waals surface area contributed by atoms with Gasteiger partial charge in [-0.15, -0.1) is 0 Å². The zero-order chi connectivity index (χ0) is 24.9. The third kappa shape index (κ3) is 5.65. The Bertz CT molecular complexity index is 1040. The highest BCUT2D eigenvalue weighted by molar-refractivity contribution is 5.80.